The fraction of sp³-hybridized carbons (Fsp3) is 0.364. The van der Waals surface area contributed by atoms with Gasteiger partial charge in [-0.15, -0.1) is 12.6 Å². The Morgan fingerprint density at radius 1 is 1.44 bits per heavy atom. The molecule has 0 fully saturated rings. The standard InChI is InChI=1S/C11H13BrO3S/c1-2-14-5-6-15-11(13)9-7-8(16)3-4-10(9)12/h3-4,7,16H,2,5-6H2,1H3. The van der Waals surface area contributed by atoms with E-state index >= 15 is 0 Å². The van der Waals surface area contributed by atoms with Crippen LogP contribution in [0.5, 0.6) is 0 Å². The largest absolute Gasteiger partial charge is 0.460 e. The number of carbonyl (C=O) groups is 1. The third kappa shape index (κ3) is 4.15. The van der Waals surface area contributed by atoms with Gasteiger partial charge in [-0.05, 0) is 41.1 Å². The summed E-state index contributed by atoms with van der Waals surface area (Å²) >= 11 is 7.45. The van der Waals surface area contributed by atoms with Gasteiger partial charge in [0.15, 0.2) is 0 Å². The number of thiol groups is 1. The summed E-state index contributed by atoms with van der Waals surface area (Å²) in [6, 6.07) is 5.22. The van der Waals surface area contributed by atoms with Gasteiger partial charge >= 0.3 is 5.97 Å². The van der Waals surface area contributed by atoms with Crippen LogP contribution in [0.4, 0.5) is 0 Å². The Morgan fingerprint density at radius 3 is 2.88 bits per heavy atom. The van der Waals surface area contributed by atoms with E-state index in [4.69, 9.17) is 9.47 Å². The summed E-state index contributed by atoms with van der Waals surface area (Å²) < 4.78 is 10.8. The Balaban J connectivity index is 2.55. The van der Waals surface area contributed by atoms with Crippen LogP contribution in [0.2, 0.25) is 0 Å². The molecule has 0 bridgehead atoms. The van der Waals surface area contributed by atoms with Gasteiger partial charge in [0.25, 0.3) is 0 Å². The number of hydrogen-bond acceptors (Lipinski definition) is 4. The highest BCUT2D eigenvalue weighted by Crippen LogP contribution is 2.20. The van der Waals surface area contributed by atoms with Crippen LogP contribution in [-0.2, 0) is 9.47 Å². The van der Waals surface area contributed by atoms with Crippen LogP contribution in [0.25, 0.3) is 0 Å². The van der Waals surface area contributed by atoms with Crippen LogP contribution in [0, 0.1) is 0 Å². The van der Waals surface area contributed by atoms with Crippen LogP contribution < -0.4 is 0 Å². The lowest BCUT2D eigenvalue weighted by molar-refractivity contribution is 0.0334. The van der Waals surface area contributed by atoms with E-state index in [0.717, 1.165) is 4.90 Å². The van der Waals surface area contributed by atoms with Gasteiger partial charge in [-0.3, -0.25) is 0 Å². The Bertz CT molecular complexity index is 368. The first-order valence-corrected chi connectivity index (χ1v) is 6.12. The van der Waals surface area contributed by atoms with Crippen molar-refractivity contribution in [2.75, 3.05) is 19.8 Å². The van der Waals surface area contributed by atoms with Crippen LogP contribution in [0.3, 0.4) is 0 Å². The number of benzene rings is 1. The molecule has 0 saturated heterocycles. The monoisotopic (exact) mass is 304 g/mol. The molecule has 0 heterocycles. The van der Waals surface area contributed by atoms with Crippen molar-refractivity contribution in [3.8, 4) is 0 Å². The quantitative estimate of drug-likeness (QED) is 0.516. The normalized spacial score (nSPS) is 10.2. The highest BCUT2D eigenvalue weighted by molar-refractivity contribution is 9.10. The molecule has 0 saturated carbocycles. The van der Waals surface area contributed by atoms with Crippen LogP contribution in [0.15, 0.2) is 27.6 Å². The molecule has 3 nitrogen and oxygen atoms in total. The van der Waals surface area contributed by atoms with Crippen molar-refractivity contribution in [3.05, 3.63) is 28.2 Å². The van der Waals surface area contributed by atoms with E-state index in [1.54, 1.807) is 18.2 Å². The molecule has 0 aromatic heterocycles. The fourth-order valence-electron chi connectivity index (χ4n) is 1.09. The Kier molecular flexibility index (Phi) is 5.87. The van der Waals surface area contributed by atoms with E-state index in [9.17, 15) is 4.79 Å². The van der Waals surface area contributed by atoms with Gasteiger partial charge in [0, 0.05) is 16.0 Å². The summed E-state index contributed by atoms with van der Waals surface area (Å²) in [7, 11) is 0. The van der Waals surface area contributed by atoms with Crippen LogP contribution >= 0.6 is 28.6 Å². The summed E-state index contributed by atoms with van der Waals surface area (Å²) in [5.74, 6) is -0.373. The summed E-state index contributed by atoms with van der Waals surface area (Å²) in [5, 5.41) is 0. The SMILES string of the molecule is CCOCCOC(=O)c1cc(S)ccc1Br. The van der Waals surface area contributed by atoms with Gasteiger partial charge in [-0.2, -0.15) is 0 Å². The van der Waals surface area contributed by atoms with E-state index in [2.05, 4.69) is 28.6 Å². The van der Waals surface area contributed by atoms with Gasteiger partial charge in [0.1, 0.15) is 6.61 Å². The minimum absolute atomic E-state index is 0.260. The molecule has 1 aromatic rings. The molecule has 1 rings (SSSR count). The molecule has 0 amide bonds. The highest BCUT2D eigenvalue weighted by atomic mass is 79.9. The molecule has 16 heavy (non-hydrogen) atoms. The number of hydrogen-bond donors (Lipinski definition) is 1. The molecule has 0 unspecified atom stereocenters. The Labute approximate surface area is 109 Å². The summed E-state index contributed by atoms with van der Waals surface area (Å²) in [5.41, 5.74) is 0.476. The zero-order valence-electron chi connectivity index (χ0n) is 8.90. The predicted molar refractivity (Wildman–Crippen MR) is 68.2 cm³/mol. The van der Waals surface area contributed by atoms with E-state index in [0.29, 0.717) is 23.2 Å². The topological polar surface area (TPSA) is 35.5 Å². The smallest absolute Gasteiger partial charge is 0.339 e. The van der Waals surface area contributed by atoms with Crippen molar-refractivity contribution in [2.24, 2.45) is 0 Å². The lowest BCUT2D eigenvalue weighted by atomic mass is 10.2. The first kappa shape index (κ1) is 13.5. The summed E-state index contributed by atoms with van der Waals surface area (Å²) in [6.45, 7) is 3.19. The molecule has 0 aliphatic heterocycles. The summed E-state index contributed by atoms with van der Waals surface area (Å²) in [6.07, 6.45) is 0. The predicted octanol–water partition coefficient (Wildman–Crippen LogP) is 2.93. The molecule has 0 aliphatic carbocycles. The second-order valence-electron chi connectivity index (χ2n) is 3.00. The van der Waals surface area contributed by atoms with Crippen molar-refractivity contribution in [2.45, 2.75) is 11.8 Å². The minimum Gasteiger partial charge on any atom is -0.460 e. The molecule has 0 spiro atoms. The molecule has 5 heteroatoms. The molecule has 0 atom stereocenters. The maximum Gasteiger partial charge on any atom is 0.339 e. The van der Waals surface area contributed by atoms with Gasteiger partial charge in [0.2, 0.25) is 0 Å². The maximum atomic E-state index is 11.6. The number of esters is 1. The zero-order chi connectivity index (χ0) is 12.0. The molecule has 0 radical (unpaired) electrons. The lowest BCUT2D eigenvalue weighted by Crippen LogP contribution is -2.11. The van der Waals surface area contributed by atoms with Crippen LogP contribution in [-0.4, -0.2) is 25.8 Å². The van der Waals surface area contributed by atoms with E-state index in [-0.39, 0.29) is 12.6 Å². The molecule has 0 aliphatic rings. The average Bonchev–Trinajstić information content (AvgIpc) is 2.27. The van der Waals surface area contributed by atoms with Crippen molar-refractivity contribution in [1.82, 2.24) is 0 Å². The molecular formula is C11H13BrO3S. The lowest BCUT2D eigenvalue weighted by Gasteiger charge is -2.06. The average molecular weight is 305 g/mol. The van der Waals surface area contributed by atoms with Crippen LogP contribution in [0.1, 0.15) is 17.3 Å². The Hall–Kier alpha value is -0.520. The third-order valence-electron chi connectivity index (χ3n) is 1.83. The van der Waals surface area contributed by atoms with Gasteiger partial charge < -0.3 is 9.47 Å². The highest BCUT2D eigenvalue weighted by Gasteiger charge is 2.11. The van der Waals surface area contributed by atoms with Crippen molar-refractivity contribution >= 4 is 34.5 Å². The van der Waals surface area contributed by atoms with Gasteiger partial charge in [0.05, 0.1) is 12.2 Å². The molecule has 0 N–H and O–H groups in total. The second kappa shape index (κ2) is 6.93. The first-order chi connectivity index (χ1) is 7.65. The van der Waals surface area contributed by atoms with Crippen molar-refractivity contribution < 1.29 is 14.3 Å². The molecule has 1 aromatic carbocycles. The summed E-state index contributed by atoms with van der Waals surface area (Å²) in [4.78, 5) is 12.4. The first-order valence-electron chi connectivity index (χ1n) is 4.88. The minimum atomic E-state index is -0.373. The van der Waals surface area contributed by atoms with E-state index in [1.165, 1.54) is 0 Å². The van der Waals surface area contributed by atoms with E-state index < -0.39 is 0 Å². The number of rotatable bonds is 5. The second-order valence-corrected chi connectivity index (χ2v) is 4.37. The van der Waals surface area contributed by atoms with Gasteiger partial charge in [-0.25, -0.2) is 4.79 Å². The van der Waals surface area contributed by atoms with E-state index in [1.807, 2.05) is 6.92 Å². The molecule has 88 valence electrons. The van der Waals surface area contributed by atoms with Crippen molar-refractivity contribution in [1.29, 1.82) is 0 Å². The third-order valence-corrected chi connectivity index (χ3v) is 2.80. The molecular weight excluding hydrogens is 292 g/mol. The maximum absolute atomic E-state index is 11.6. The number of carbonyl (C=O) groups excluding carboxylic acids is 1. The van der Waals surface area contributed by atoms with Crippen molar-refractivity contribution in [3.63, 3.8) is 0 Å². The number of ether oxygens (including phenoxy) is 2. The number of halogens is 1. The fourth-order valence-corrected chi connectivity index (χ4v) is 1.70. The Morgan fingerprint density at radius 2 is 2.19 bits per heavy atom. The van der Waals surface area contributed by atoms with Gasteiger partial charge in [-0.1, -0.05) is 0 Å². The zero-order valence-corrected chi connectivity index (χ0v) is 11.4.